The normalized spacial score (nSPS) is 17.4. The summed E-state index contributed by atoms with van der Waals surface area (Å²) < 4.78 is 0. The van der Waals surface area contributed by atoms with Crippen LogP contribution < -0.4 is 0 Å². The van der Waals surface area contributed by atoms with Crippen LogP contribution in [0.15, 0.2) is 60.7 Å². The lowest BCUT2D eigenvalue weighted by molar-refractivity contribution is -0.145. The van der Waals surface area contributed by atoms with Crippen LogP contribution in [0.4, 0.5) is 0 Å². The first-order chi connectivity index (χ1) is 12.1. The number of nitrogens with zero attached hydrogens (tertiary/aromatic N) is 2. The molecule has 3 rings (SSSR count). The maximum Gasteiger partial charge on any atom is 0.226 e. The van der Waals surface area contributed by atoms with Crippen molar-refractivity contribution in [3.8, 4) is 0 Å². The molecule has 0 saturated carbocycles. The van der Waals surface area contributed by atoms with Crippen LogP contribution in [-0.2, 0) is 22.7 Å². The van der Waals surface area contributed by atoms with Gasteiger partial charge >= 0.3 is 0 Å². The molecule has 2 amide bonds. The predicted octanol–water partition coefficient (Wildman–Crippen LogP) is 3.08. The Morgan fingerprint density at radius 3 is 2.00 bits per heavy atom. The minimum Gasteiger partial charge on any atom is -0.346 e. The van der Waals surface area contributed by atoms with Gasteiger partial charge in [-0.2, -0.15) is 0 Å². The van der Waals surface area contributed by atoms with Crippen LogP contribution in [0.3, 0.4) is 0 Å². The number of amides is 2. The number of carbonyl (C=O) groups is 2. The SMILES string of the molecule is CN1CCC(C(=O)N(Cc2ccccc2)Cc2ccccc2)CC1=O. The van der Waals surface area contributed by atoms with E-state index < -0.39 is 0 Å². The summed E-state index contributed by atoms with van der Waals surface area (Å²) in [5.74, 6) is -0.0748. The Morgan fingerprint density at radius 1 is 1.00 bits per heavy atom. The van der Waals surface area contributed by atoms with Crippen LogP contribution in [0.2, 0.25) is 0 Å². The Bertz CT molecular complexity index is 674. The van der Waals surface area contributed by atoms with E-state index in [1.165, 1.54) is 0 Å². The average molecular weight is 336 g/mol. The van der Waals surface area contributed by atoms with Gasteiger partial charge in [0.15, 0.2) is 0 Å². The van der Waals surface area contributed by atoms with Crippen molar-refractivity contribution in [3.05, 3.63) is 71.8 Å². The number of likely N-dealkylation sites (tertiary alicyclic amines) is 1. The molecule has 0 N–H and O–H groups in total. The van der Waals surface area contributed by atoms with Crippen molar-refractivity contribution in [3.63, 3.8) is 0 Å². The number of hydrogen-bond acceptors (Lipinski definition) is 2. The van der Waals surface area contributed by atoms with Crippen molar-refractivity contribution in [2.24, 2.45) is 5.92 Å². The first-order valence-electron chi connectivity index (χ1n) is 8.74. The van der Waals surface area contributed by atoms with Gasteiger partial charge in [-0.05, 0) is 17.5 Å². The van der Waals surface area contributed by atoms with Crippen molar-refractivity contribution < 1.29 is 9.59 Å². The molecular formula is C21H24N2O2. The van der Waals surface area contributed by atoms with Crippen molar-refractivity contribution in [1.29, 1.82) is 0 Å². The first kappa shape index (κ1) is 17.2. The van der Waals surface area contributed by atoms with E-state index >= 15 is 0 Å². The molecule has 1 atom stereocenters. The number of benzene rings is 2. The van der Waals surface area contributed by atoms with Crippen molar-refractivity contribution in [2.75, 3.05) is 13.6 Å². The third-order valence-corrected chi connectivity index (χ3v) is 4.75. The van der Waals surface area contributed by atoms with Gasteiger partial charge in [0.1, 0.15) is 0 Å². The van der Waals surface area contributed by atoms with Gasteiger partial charge in [0.25, 0.3) is 0 Å². The summed E-state index contributed by atoms with van der Waals surface area (Å²) in [6, 6.07) is 20.0. The van der Waals surface area contributed by atoms with Crippen LogP contribution in [0.25, 0.3) is 0 Å². The molecule has 1 fully saturated rings. The molecule has 2 aromatic carbocycles. The molecule has 0 radical (unpaired) electrons. The lowest BCUT2D eigenvalue weighted by Gasteiger charge is -2.32. The van der Waals surface area contributed by atoms with E-state index in [0.717, 1.165) is 17.5 Å². The van der Waals surface area contributed by atoms with E-state index in [2.05, 4.69) is 0 Å². The topological polar surface area (TPSA) is 40.6 Å². The molecule has 0 bridgehead atoms. The molecule has 1 aliphatic heterocycles. The van der Waals surface area contributed by atoms with Crippen molar-refractivity contribution in [1.82, 2.24) is 9.80 Å². The molecule has 4 heteroatoms. The smallest absolute Gasteiger partial charge is 0.226 e. The monoisotopic (exact) mass is 336 g/mol. The number of carbonyl (C=O) groups excluding carboxylic acids is 2. The molecule has 0 aliphatic carbocycles. The molecule has 1 saturated heterocycles. The summed E-state index contributed by atoms with van der Waals surface area (Å²) in [4.78, 5) is 28.7. The largest absolute Gasteiger partial charge is 0.346 e. The molecule has 1 unspecified atom stereocenters. The summed E-state index contributed by atoms with van der Waals surface area (Å²) >= 11 is 0. The maximum absolute atomic E-state index is 13.1. The third kappa shape index (κ3) is 4.47. The van der Waals surface area contributed by atoms with E-state index in [-0.39, 0.29) is 17.7 Å². The molecule has 130 valence electrons. The van der Waals surface area contributed by atoms with Gasteiger partial charge in [-0.1, -0.05) is 60.7 Å². The summed E-state index contributed by atoms with van der Waals surface area (Å²) in [5, 5.41) is 0. The second-order valence-electron chi connectivity index (χ2n) is 6.67. The molecule has 2 aromatic rings. The zero-order valence-electron chi connectivity index (χ0n) is 14.6. The zero-order valence-corrected chi connectivity index (χ0v) is 14.6. The van der Waals surface area contributed by atoms with Crippen LogP contribution in [0, 0.1) is 5.92 Å². The molecular weight excluding hydrogens is 312 g/mol. The minimum atomic E-state index is -0.212. The fraction of sp³-hybridized carbons (Fsp3) is 0.333. The molecule has 25 heavy (non-hydrogen) atoms. The van der Waals surface area contributed by atoms with E-state index in [0.29, 0.717) is 26.1 Å². The Hall–Kier alpha value is -2.62. The Labute approximate surface area is 149 Å². The Balaban J connectivity index is 1.77. The highest BCUT2D eigenvalue weighted by molar-refractivity contribution is 5.86. The van der Waals surface area contributed by atoms with Gasteiger partial charge in [-0.15, -0.1) is 0 Å². The summed E-state index contributed by atoms with van der Waals surface area (Å²) in [6.07, 6.45) is 1.05. The summed E-state index contributed by atoms with van der Waals surface area (Å²) in [5.41, 5.74) is 2.21. The first-order valence-corrected chi connectivity index (χ1v) is 8.74. The lowest BCUT2D eigenvalue weighted by atomic mass is 9.94. The van der Waals surface area contributed by atoms with Crippen LogP contribution >= 0.6 is 0 Å². The molecule has 0 spiro atoms. The van der Waals surface area contributed by atoms with Crippen LogP contribution in [-0.4, -0.2) is 35.2 Å². The predicted molar refractivity (Wildman–Crippen MR) is 97.5 cm³/mol. The van der Waals surface area contributed by atoms with Gasteiger partial charge in [-0.25, -0.2) is 0 Å². The van der Waals surface area contributed by atoms with Crippen molar-refractivity contribution in [2.45, 2.75) is 25.9 Å². The molecule has 1 aliphatic rings. The summed E-state index contributed by atoms with van der Waals surface area (Å²) in [7, 11) is 1.80. The van der Waals surface area contributed by atoms with E-state index in [1.807, 2.05) is 65.6 Å². The van der Waals surface area contributed by atoms with Crippen molar-refractivity contribution >= 4 is 11.8 Å². The molecule has 4 nitrogen and oxygen atoms in total. The fourth-order valence-electron chi connectivity index (χ4n) is 3.23. The highest BCUT2D eigenvalue weighted by Gasteiger charge is 2.31. The fourth-order valence-corrected chi connectivity index (χ4v) is 3.23. The number of hydrogen-bond donors (Lipinski definition) is 0. The van der Waals surface area contributed by atoms with E-state index in [9.17, 15) is 9.59 Å². The average Bonchev–Trinajstić information content (AvgIpc) is 2.64. The lowest BCUT2D eigenvalue weighted by Crippen LogP contribution is -2.43. The van der Waals surface area contributed by atoms with Gasteiger partial charge in [0, 0.05) is 39.0 Å². The Kier molecular flexibility index (Phi) is 5.49. The van der Waals surface area contributed by atoms with Crippen LogP contribution in [0.5, 0.6) is 0 Å². The second kappa shape index (κ2) is 7.97. The van der Waals surface area contributed by atoms with Gasteiger partial charge in [0.05, 0.1) is 0 Å². The van der Waals surface area contributed by atoms with E-state index in [1.54, 1.807) is 11.9 Å². The quantitative estimate of drug-likeness (QED) is 0.842. The number of piperidine rings is 1. The highest BCUT2D eigenvalue weighted by atomic mass is 16.2. The standard InChI is InChI=1S/C21H24N2O2/c1-22-13-12-19(14-20(22)24)21(25)23(15-17-8-4-2-5-9-17)16-18-10-6-3-7-11-18/h2-11,19H,12-16H2,1H3. The van der Waals surface area contributed by atoms with Crippen LogP contribution in [0.1, 0.15) is 24.0 Å². The van der Waals surface area contributed by atoms with Gasteiger partial charge < -0.3 is 9.80 Å². The van der Waals surface area contributed by atoms with E-state index in [4.69, 9.17) is 0 Å². The minimum absolute atomic E-state index is 0.0592. The van der Waals surface area contributed by atoms with Gasteiger partial charge in [-0.3, -0.25) is 9.59 Å². The number of rotatable bonds is 5. The third-order valence-electron chi connectivity index (χ3n) is 4.75. The summed E-state index contributed by atoms with van der Waals surface area (Å²) in [6.45, 7) is 1.78. The Morgan fingerprint density at radius 2 is 1.52 bits per heavy atom. The highest BCUT2D eigenvalue weighted by Crippen LogP contribution is 2.22. The molecule has 1 heterocycles. The second-order valence-corrected chi connectivity index (χ2v) is 6.67. The van der Waals surface area contributed by atoms with Gasteiger partial charge in [0.2, 0.25) is 11.8 Å². The molecule has 0 aromatic heterocycles. The zero-order chi connectivity index (χ0) is 17.6. The maximum atomic E-state index is 13.1.